The van der Waals surface area contributed by atoms with Crippen LogP contribution in [0.3, 0.4) is 0 Å². The van der Waals surface area contributed by atoms with E-state index in [2.05, 4.69) is 22.4 Å². The second-order valence-corrected chi connectivity index (χ2v) is 6.10. The Morgan fingerprint density at radius 2 is 2.00 bits per heavy atom. The lowest BCUT2D eigenvalue weighted by molar-refractivity contribution is 0.102. The fraction of sp³-hybridized carbons (Fsp3) is 0.467. The monoisotopic (exact) mass is 304 g/mol. The number of nitrogens with zero attached hydrogens (tertiary/aromatic N) is 4. The molecule has 1 heterocycles. The lowest BCUT2D eigenvalue weighted by Gasteiger charge is -2.07. The molecule has 0 saturated carbocycles. The van der Waals surface area contributed by atoms with Crippen LogP contribution < -0.4 is 0 Å². The smallest absolute Gasteiger partial charge is 0.209 e. The minimum atomic E-state index is 0.0985. The van der Waals surface area contributed by atoms with Gasteiger partial charge in [-0.25, -0.2) is 4.68 Å². The summed E-state index contributed by atoms with van der Waals surface area (Å²) in [7, 11) is 0. The number of hydrogen-bond acceptors (Lipinski definition) is 5. The fourth-order valence-corrected chi connectivity index (χ4v) is 2.86. The number of tetrazole rings is 1. The average Bonchev–Trinajstić information content (AvgIpc) is 2.94. The van der Waals surface area contributed by atoms with Crippen molar-refractivity contribution in [2.75, 3.05) is 5.75 Å². The van der Waals surface area contributed by atoms with E-state index in [1.807, 2.05) is 38.1 Å². The summed E-state index contributed by atoms with van der Waals surface area (Å²) in [4.78, 5) is 12.2. The molecule has 6 heteroatoms. The van der Waals surface area contributed by atoms with E-state index in [1.165, 1.54) is 17.3 Å². The minimum absolute atomic E-state index is 0.0985. The Kier molecular flexibility index (Phi) is 5.50. The van der Waals surface area contributed by atoms with Gasteiger partial charge in [0.05, 0.1) is 11.8 Å². The van der Waals surface area contributed by atoms with Crippen molar-refractivity contribution in [3.05, 3.63) is 35.4 Å². The van der Waals surface area contributed by atoms with Crippen LogP contribution in [0.2, 0.25) is 0 Å². The molecule has 0 atom stereocenters. The van der Waals surface area contributed by atoms with Crippen molar-refractivity contribution in [1.29, 1.82) is 0 Å². The summed E-state index contributed by atoms with van der Waals surface area (Å²) in [5, 5.41) is 12.2. The Labute approximate surface area is 129 Å². The number of aryl methyl sites for hydroxylation is 1. The molecule has 0 radical (unpaired) electrons. The van der Waals surface area contributed by atoms with Gasteiger partial charge in [-0.15, -0.1) is 5.10 Å². The molecule has 5 nitrogen and oxygen atoms in total. The minimum Gasteiger partial charge on any atom is -0.293 e. The molecule has 0 fully saturated rings. The first-order valence-electron chi connectivity index (χ1n) is 7.14. The highest BCUT2D eigenvalue weighted by atomic mass is 32.2. The van der Waals surface area contributed by atoms with Gasteiger partial charge in [0.2, 0.25) is 5.16 Å². The van der Waals surface area contributed by atoms with Gasteiger partial charge < -0.3 is 0 Å². The van der Waals surface area contributed by atoms with Gasteiger partial charge in [0.1, 0.15) is 0 Å². The van der Waals surface area contributed by atoms with Crippen molar-refractivity contribution in [2.45, 2.75) is 44.8 Å². The quantitative estimate of drug-likeness (QED) is 0.581. The molecule has 0 unspecified atom stereocenters. The molecule has 0 saturated heterocycles. The van der Waals surface area contributed by atoms with Gasteiger partial charge in [0, 0.05) is 5.56 Å². The van der Waals surface area contributed by atoms with Gasteiger partial charge in [0.15, 0.2) is 5.78 Å². The molecule has 0 aliphatic heterocycles. The van der Waals surface area contributed by atoms with Gasteiger partial charge in [-0.1, -0.05) is 49.4 Å². The molecule has 1 aromatic carbocycles. The molecular weight excluding hydrogens is 284 g/mol. The largest absolute Gasteiger partial charge is 0.293 e. The van der Waals surface area contributed by atoms with E-state index >= 15 is 0 Å². The maximum atomic E-state index is 12.2. The molecule has 0 aliphatic rings. The van der Waals surface area contributed by atoms with Crippen LogP contribution in [0.5, 0.6) is 0 Å². The van der Waals surface area contributed by atoms with E-state index in [0.29, 0.717) is 10.9 Å². The second-order valence-electron chi connectivity index (χ2n) is 5.16. The number of ketones is 1. The highest BCUT2D eigenvalue weighted by molar-refractivity contribution is 7.99. The number of benzene rings is 1. The van der Waals surface area contributed by atoms with E-state index in [-0.39, 0.29) is 11.8 Å². The third-order valence-corrected chi connectivity index (χ3v) is 4.03. The number of thioether (sulfide) groups is 1. The standard InChI is InChI=1S/C15H20N4OS/c1-4-5-12-6-8-13(9-7-12)14(20)10-21-15-16-17-18-19(15)11(2)3/h6-9,11H,4-5,10H2,1-3H3. The van der Waals surface area contributed by atoms with E-state index in [1.54, 1.807) is 4.68 Å². The first-order chi connectivity index (χ1) is 10.1. The van der Waals surface area contributed by atoms with E-state index in [9.17, 15) is 4.79 Å². The summed E-state index contributed by atoms with van der Waals surface area (Å²) in [6.45, 7) is 6.16. The van der Waals surface area contributed by atoms with Crippen LogP contribution in [0.25, 0.3) is 0 Å². The zero-order valence-electron chi connectivity index (χ0n) is 12.6. The van der Waals surface area contributed by atoms with Gasteiger partial charge in [-0.05, 0) is 36.3 Å². The maximum absolute atomic E-state index is 12.2. The SMILES string of the molecule is CCCc1ccc(C(=O)CSc2nnnn2C(C)C)cc1. The van der Waals surface area contributed by atoms with Crippen molar-refractivity contribution in [2.24, 2.45) is 0 Å². The Balaban J connectivity index is 1.96. The Bertz CT molecular complexity index is 592. The molecule has 21 heavy (non-hydrogen) atoms. The summed E-state index contributed by atoms with van der Waals surface area (Å²) in [5.74, 6) is 0.446. The van der Waals surface area contributed by atoms with E-state index in [4.69, 9.17) is 0 Å². The van der Waals surface area contributed by atoms with Crippen LogP contribution in [0, 0.1) is 0 Å². The topological polar surface area (TPSA) is 60.7 Å². The van der Waals surface area contributed by atoms with Crippen LogP contribution in [-0.4, -0.2) is 31.7 Å². The second kappa shape index (κ2) is 7.36. The fourth-order valence-electron chi connectivity index (χ4n) is 1.96. The average molecular weight is 304 g/mol. The number of Topliss-reactive ketones (excluding diaryl/α,β-unsaturated/α-hetero) is 1. The molecule has 0 spiro atoms. The van der Waals surface area contributed by atoms with Gasteiger partial charge in [0.25, 0.3) is 0 Å². The number of rotatable bonds is 7. The first kappa shape index (κ1) is 15.7. The molecule has 0 aliphatic carbocycles. The Morgan fingerprint density at radius 1 is 1.29 bits per heavy atom. The molecule has 2 rings (SSSR count). The van der Waals surface area contributed by atoms with Crippen LogP contribution in [0.15, 0.2) is 29.4 Å². The predicted molar refractivity (Wildman–Crippen MR) is 83.7 cm³/mol. The number of carbonyl (C=O) groups excluding carboxylic acids is 1. The molecule has 2 aromatic rings. The van der Waals surface area contributed by atoms with Crippen LogP contribution in [-0.2, 0) is 6.42 Å². The van der Waals surface area contributed by atoms with Crippen molar-refractivity contribution < 1.29 is 4.79 Å². The molecule has 0 bridgehead atoms. The number of carbonyl (C=O) groups is 1. The summed E-state index contributed by atoms with van der Waals surface area (Å²) >= 11 is 1.38. The summed E-state index contributed by atoms with van der Waals surface area (Å²) < 4.78 is 1.72. The molecule has 112 valence electrons. The predicted octanol–water partition coefficient (Wildman–Crippen LogP) is 3.18. The van der Waals surface area contributed by atoms with Crippen molar-refractivity contribution in [3.63, 3.8) is 0 Å². The van der Waals surface area contributed by atoms with Gasteiger partial charge in [-0.3, -0.25) is 4.79 Å². The highest BCUT2D eigenvalue weighted by Gasteiger charge is 2.13. The van der Waals surface area contributed by atoms with Gasteiger partial charge in [-0.2, -0.15) is 0 Å². The molecule has 0 N–H and O–H groups in total. The number of aromatic nitrogens is 4. The lowest BCUT2D eigenvalue weighted by atomic mass is 10.1. The van der Waals surface area contributed by atoms with Crippen molar-refractivity contribution >= 4 is 17.5 Å². The molecule has 1 aromatic heterocycles. The lowest BCUT2D eigenvalue weighted by Crippen LogP contribution is -2.07. The highest BCUT2D eigenvalue weighted by Crippen LogP contribution is 2.19. The zero-order valence-corrected chi connectivity index (χ0v) is 13.4. The summed E-state index contributed by atoms with van der Waals surface area (Å²) in [6, 6.07) is 8.04. The Morgan fingerprint density at radius 3 is 2.62 bits per heavy atom. The normalized spacial score (nSPS) is 11.0. The van der Waals surface area contributed by atoms with Gasteiger partial charge >= 0.3 is 0 Å². The Hall–Kier alpha value is -1.69. The number of hydrogen-bond donors (Lipinski definition) is 0. The summed E-state index contributed by atoms with van der Waals surface area (Å²) in [6.07, 6.45) is 2.16. The molecule has 0 amide bonds. The van der Waals surface area contributed by atoms with E-state index in [0.717, 1.165) is 18.4 Å². The first-order valence-corrected chi connectivity index (χ1v) is 8.13. The van der Waals surface area contributed by atoms with E-state index < -0.39 is 0 Å². The maximum Gasteiger partial charge on any atom is 0.209 e. The van der Waals surface area contributed by atoms with Crippen LogP contribution >= 0.6 is 11.8 Å². The van der Waals surface area contributed by atoms with Crippen molar-refractivity contribution in [3.8, 4) is 0 Å². The van der Waals surface area contributed by atoms with Crippen LogP contribution in [0.1, 0.15) is 49.2 Å². The molecular formula is C15H20N4OS. The third-order valence-electron chi connectivity index (χ3n) is 3.10. The zero-order chi connectivity index (χ0) is 15.2. The van der Waals surface area contributed by atoms with Crippen molar-refractivity contribution in [1.82, 2.24) is 20.2 Å². The third kappa shape index (κ3) is 4.14. The van der Waals surface area contributed by atoms with Crippen LogP contribution in [0.4, 0.5) is 0 Å². The summed E-state index contributed by atoms with van der Waals surface area (Å²) in [5.41, 5.74) is 2.01.